The average molecular weight is 267 g/mol. The molecule has 0 spiro atoms. The Labute approximate surface area is 115 Å². The third kappa shape index (κ3) is 5.87. The Morgan fingerprint density at radius 1 is 1.26 bits per heavy atom. The normalized spacial score (nSPS) is 13.4. The van der Waals surface area contributed by atoms with E-state index in [4.69, 9.17) is 9.47 Å². The second kappa shape index (κ2) is 6.70. The number of nitrogens with zero attached hydrogens (tertiary/aromatic N) is 2. The highest BCUT2D eigenvalue weighted by Crippen LogP contribution is 2.18. The van der Waals surface area contributed by atoms with Gasteiger partial charge in [-0.1, -0.05) is 0 Å². The lowest BCUT2D eigenvalue weighted by atomic mass is 10.00. The lowest BCUT2D eigenvalue weighted by Gasteiger charge is -2.27. The first-order valence-corrected chi connectivity index (χ1v) is 6.63. The number of anilines is 1. The average Bonchev–Trinajstić information content (AvgIpc) is 2.27. The maximum atomic E-state index is 5.52. The maximum Gasteiger partial charge on any atom is 0.234 e. The molecule has 5 nitrogen and oxygen atoms in total. The van der Waals surface area contributed by atoms with Crippen LogP contribution in [0.1, 0.15) is 41.0 Å². The summed E-state index contributed by atoms with van der Waals surface area (Å²) in [4.78, 5) is 8.50. The zero-order valence-corrected chi connectivity index (χ0v) is 12.7. The van der Waals surface area contributed by atoms with Gasteiger partial charge in [0, 0.05) is 13.2 Å². The van der Waals surface area contributed by atoms with Gasteiger partial charge in [-0.05, 0) is 41.0 Å². The van der Waals surface area contributed by atoms with Crippen LogP contribution in [-0.2, 0) is 4.74 Å². The molecule has 0 saturated carbocycles. The molecule has 5 heteroatoms. The Kier molecular flexibility index (Phi) is 5.54. The fourth-order valence-corrected chi connectivity index (χ4v) is 1.84. The van der Waals surface area contributed by atoms with Crippen molar-refractivity contribution in [3.05, 3.63) is 12.4 Å². The molecule has 1 aromatic heterocycles. The Morgan fingerprint density at radius 2 is 1.95 bits per heavy atom. The van der Waals surface area contributed by atoms with Crippen LogP contribution in [0.15, 0.2) is 12.4 Å². The first-order valence-electron chi connectivity index (χ1n) is 6.63. The summed E-state index contributed by atoms with van der Waals surface area (Å²) in [5, 5.41) is 3.31. The van der Waals surface area contributed by atoms with Gasteiger partial charge in [-0.25, -0.2) is 0 Å². The monoisotopic (exact) mass is 267 g/mol. The summed E-state index contributed by atoms with van der Waals surface area (Å²) in [7, 11) is 1.73. The van der Waals surface area contributed by atoms with E-state index in [2.05, 4.69) is 36.1 Å². The maximum absolute atomic E-state index is 5.52. The Hall–Kier alpha value is -1.36. The molecule has 0 aliphatic carbocycles. The summed E-state index contributed by atoms with van der Waals surface area (Å²) in [6, 6.07) is 0.235. The Morgan fingerprint density at radius 3 is 2.53 bits per heavy atom. The molecule has 0 aliphatic heterocycles. The van der Waals surface area contributed by atoms with Crippen LogP contribution in [0.4, 0.5) is 5.82 Å². The third-order valence-electron chi connectivity index (χ3n) is 2.71. The van der Waals surface area contributed by atoms with Crippen LogP contribution in [0.2, 0.25) is 0 Å². The summed E-state index contributed by atoms with van der Waals surface area (Å²) < 4.78 is 10.9. The second-order valence-corrected chi connectivity index (χ2v) is 5.62. The number of aromatic nitrogens is 2. The molecule has 108 valence electrons. The smallest absolute Gasteiger partial charge is 0.234 e. The van der Waals surface area contributed by atoms with Crippen LogP contribution >= 0.6 is 0 Å². The van der Waals surface area contributed by atoms with Crippen molar-refractivity contribution in [2.45, 2.75) is 58.8 Å². The number of methoxy groups -OCH3 is 1. The summed E-state index contributed by atoms with van der Waals surface area (Å²) in [5.74, 6) is 1.26. The summed E-state index contributed by atoms with van der Waals surface area (Å²) in [6.45, 7) is 10.2. The van der Waals surface area contributed by atoms with E-state index in [9.17, 15) is 0 Å². The molecule has 19 heavy (non-hydrogen) atoms. The summed E-state index contributed by atoms with van der Waals surface area (Å²) in [6.07, 6.45) is 4.29. The van der Waals surface area contributed by atoms with Crippen molar-refractivity contribution in [2.75, 3.05) is 12.4 Å². The van der Waals surface area contributed by atoms with Gasteiger partial charge in [0.25, 0.3) is 0 Å². The van der Waals surface area contributed by atoms with E-state index >= 15 is 0 Å². The van der Waals surface area contributed by atoms with Gasteiger partial charge in [0.05, 0.1) is 24.1 Å². The minimum absolute atomic E-state index is 0.0920. The van der Waals surface area contributed by atoms with Crippen LogP contribution < -0.4 is 10.1 Å². The minimum atomic E-state index is -0.161. The molecule has 1 unspecified atom stereocenters. The molecule has 0 saturated heterocycles. The van der Waals surface area contributed by atoms with E-state index in [1.165, 1.54) is 0 Å². The molecular weight excluding hydrogens is 242 g/mol. The van der Waals surface area contributed by atoms with Crippen molar-refractivity contribution in [3.63, 3.8) is 0 Å². The third-order valence-corrected chi connectivity index (χ3v) is 2.71. The van der Waals surface area contributed by atoms with E-state index in [0.29, 0.717) is 5.88 Å². The van der Waals surface area contributed by atoms with Crippen molar-refractivity contribution < 1.29 is 9.47 Å². The molecule has 1 rings (SSSR count). The minimum Gasteiger partial charge on any atom is -0.474 e. The molecule has 1 atom stereocenters. The largest absolute Gasteiger partial charge is 0.474 e. The molecule has 1 heterocycles. The first-order chi connectivity index (χ1) is 8.82. The van der Waals surface area contributed by atoms with Crippen LogP contribution in [0, 0.1) is 0 Å². The molecule has 0 aromatic carbocycles. The fourth-order valence-electron chi connectivity index (χ4n) is 1.84. The Balaban J connectivity index is 2.61. The van der Waals surface area contributed by atoms with Gasteiger partial charge in [0.1, 0.15) is 5.82 Å². The lowest BCUT2D eigenvalue weighted by Crippen LogP contribution is -2.31. The fraction of sp³-hybridized carbons (Fsp3) is 0.714. The Bertz CT molecular complexity index is 394. The summed E-state index contributed by atoms with van der Waals surface area (Å²) in [5.41, 5.74) is -0.161. The summed E-state index contributed by atoms with van der Waals surface area (Å²) >= 11 is 0. The van der Waals surface area contributed by atoms with Gasteiger partial charge < -0.3 is 14.8 Å². The highest BCUT2D eigenvalue weighted by Gasteiger charge is 2.20. The van der Waals surface area contributed by atoms with E-state index in [-0.39, 0.29) is 17.7 Å². The molecule has 0 aliphatic rings. The van der Waals surface area contributed by atoms with E-state index in [1.54, 1.807) is 19.5 Å². The van der Waals surface area contributed by atoms with Gasteiger partial charge in [0.15, 0.2) is 0 Å². The molecule has 0 radical (unpaired) electrons. The zero-order chi connectivity index (χ0) is 14.5. The van der Waals surface area contributed by atoms with Crippen molar-refractivity contribution in [3.8, 4) is 5.88 Å². The lowest BCUT2D eigenvalue weighted by molar-refractivity contribution is 0.0127. The molecule has 1 N–H and O–H groups in total. The standard InChI is InChI=1S/C14H25N3O2/c1-10(2)19-13-9-15-8-12(17-13)16-11(3)7-14(4,5)18-6/h8-11H,7H2,1-6H3,(H,16,17). The number of hydrogen-bond donors (Lipinski definition) is 1. The van der Waals surface area contributed by atoms with Crippen LogP contribution in [0.3, 0.4) is 0 Å². The van der Waals surface area contributed by atoms with Gasteiger partial charge >= 0.3 is 0 Å². The highest BCUT2D eigenvalue weighted by atomic mass is 16.5. The van der Waals surface area contributed by atoms with Crippen LogP contribution in [-0.4, -0.2) is 34.8 Å². The zero-order valence-electron chi connectivity index (χ0n) is 12.7. The van der Waals surface area contributed by atoms with Crippen molar-refractivity contribution in [1.29, 1.82) is 0 Å². The van der Waals surface area contributed by atoms with Gasteiger partial charge in [-0.15, -0.1) is 0 Å². The number of ether oxygens (including phenoxy) is 2. The van der Waals surface area contributed by atoms with Crippen LogP contribution in [0.5, 0.6) is 5.88 Å². The van der Waals surface area contributed by atoms with E-state index in [1.807, 2.05) is 13.8 Å². The first kappa shape index (κ1) is 15.7. The van der Waals surface area contributed by atoms with Gasteiger partial charge in [-0.2, -0.15) is 4.98 Å². The topological polar surface area (TPSA) is 56.3 Å². The quantitative estimate of drug-likeness (QED) is 0.823. The SMILES string of the molecule is COC(C)(C)CC(C)Nc1cncc(OC(C)C)n1. The second-order valence-electron chi connectivity index (χ2n) is 5.62. The molecule has 1 aromatic rings. The van der Waals surface area contributed by atoms with Gasteiger partial charge in [0.2, 0.25) is 5.88 Å². The van der Waals surface area contributed by atoms with E-state index < -0.39 is 0 Å². The van der Waals surface area contributed by atoms with Crippen molar-refractivity contribution in [2.24, 2.45) is 0 Å². The number of rotatable bonds is 7. The van der Waals surface area contributed by atoms with Crippen molar-refractivity contribution in [1.82, 2.24) is 9.97 Å². The number of nitrogens with one attached hydrogen (secondary N) is 1. The molecule has 0 bridgehead atoms. The van der Waals surface area contributed by atoms with Crippen molar-refractivity contribution >= 4 is 5.82 Å². The molecule has 0 fully saturated rings. The predicted octanol–water partition coefficient (Wildman–Crippen LogP) is 2.88. The highest BCUT2D eigenvalue weighted by molar-refractivity contribution is 5.34. The molecular formula is C14H25N3O2. The van der Waals surface area contributed by atoms with E-state index in [0.717, 1.165) is 12.2 Å². The van der Waals surface area contributed by atoms with Crippen LogP contribution in [0.25, 0.3) is 0 Å². The number of hydrogen-bond acceptors (Lipinski definition) is 5. The van der Waals surface area contributed by atoms with Gasteiger partial charge in [-0.3, -0.25) is 4.98 Å². The predicted molar refractivity (Wildman–Crippen MR) is 76.6 cm³/mol. The molecule has 0 amide bonds.